The summed E-state index contributed by atoms with van der Waals surface area (Å²) in [5, 5.41) is 1.17. The van der Waals surface area contributed by atoms with Crippen molar-refractivity contribution in [2.45, 2.75) is 26.9 Å². The van der Waals surface area contributed by atoms with Crippen LogP contribution >= 0.6 is 0 Å². The highest BCUT2D eigenvalue weighted by Crippen LogP contribution is 2.20. The first kappa shape index (κ1) is 18.0. The van der Waals surface area contributed by atoms with Gasteiger partial charge >= 0.3 is 5.69 Å². The fourth-order valence-electron chi connectivity index (χ4n) is 3.72. The van der Waals surface area contributed by atoms with Gasteiger partial charge in [0.05, 0.1) is 0 Å². The predicted molar refractivity (Wildman–Crippen MR) is 112 cm³/mol. The number of hydrogen-bond donors (Lipinski definition) is 0. The number of aromatic nitrogens is 5. The van der Waals surface area contributed by atoms with E-state index in [1.807, 2.05) is 45.3 Å². The molecule has 7 nitrogen and oxygen atoms in total. The van der Waals surface area contributed by atoms with E-state index in [0.717, 1.165) is 11.2 Å². The summed E-state index contributed by atoms with van der Waals surface area (Å²) in [6.07, 6.45) is 3.86. The van der Waals surface area contributed by atoms with Crippen LogP contribution in [0.25, 0.3) is 34.2 Å². The van der Waals surface area contributed by atoms with E-state index in [0.29, 0.717) is 30.1 Å². The molecule has 1 aromatic carbocycles. The van der Waals surface area contributed by atoms with Gasteiger partial charge in [0, 0.05) is 43.8 Å². The third-order valence-corrected chi connectivity index (χ3v) is 5.30. The molecule has 0 saturated heterocycles. The number of benzene rings is 1. The quantitative estimate of drug-likeness (QED) is 0.549. The third-order valence-electron chi connectivity index (χ3n) is 5.30. The number of para-hydroxylation sites is 1. The lowest BCUT2D eigenvalue weighted by molar-refractivity contribution is 0.604. The van der Waals surface area contributed by atoms with E-state index in [4.69, 9.17) is 0 Å². The van der Waals surface area contributed by atoms with Gasteiger partial charge in [-0.05, 0) is 38.1 Å². The van der Waals surface area contributed by atoms with Gasteiger partial charge in [-0.1, -0.05) is 18.2 Å². The molecule has 3 heterocycles. The topological polar surface area (TPSA) is 66.8 Å². The largest absolute Gasteiger partial charge is 0.344 e. The van der Waals surface area contributed by atoms with Gasteiger partial charge in [0.1, 0.15) is 5.82 Å². The van der Waals surface area contributed by atoms with E-state index >= 15 is 0 Å². The minimum absolute atomic E-state index is 0.300. The molecule has 0 atom stereocenters. The number of fused-ring (bicyclic) bond motifs is 2. The van der Waals surface area contributed by atoms with Crippen LogP contribution in [0.1, 0.15) is 25.4 Å². The fourth-order valence-corrected chi connectivity index (χ4v) is 3.72. The van der Waals surface area contributed by atoms with Gasteiger partial charge in [0.25, 0.3) is 5.56 Å². The van der Waals surface area contributed by atoms with Gasteiger partial charge in [0.15, 0.2) is 11.2 Å². The Bertz CT molecular complexity index is 1350. The van der Waals surface area contributed by atoms with Crippen molar-refractivity contribution in [3.63, 3.8) is 0 Å². The molecule has 0 unspecified atom stereocenters. The minimum atomic E-state index is -0.315. The SMILES string of the molecule is CCn1c(=O)c2c(nc(C=Cc3cc4ccccc4n3C)n2C)n(CC)c1=O. The monoisotopic (exact) mass is 377 g/mol. The number of nitrogens with zero attached hydrogens (tertiary/aromatic N) is 5. The van der Waals surface area contributed by atoms with Crippen molar-refractivity contribution in [3.8, 4) is 0 Å². The van der Waals surface area contributed by atoms with Crippen molar-refractivity contribution in [1.82, 2.24) is 23.3 Å². The average molecular weight is 377 g/mol. The molecule has 0 bridgehead atoms. The molecule has 0 amide bonds. The van der Waals surface area contributed by atoms with Crippen LogP contribution in [0, 0.1) is 0 Å². The Kier molecular flexibility index (Phi) is 4.30. The summed E-state index contributed by atoms with van der Waals surface area (Å²) >= 11 is 0. The molecule has 0 N–H and O–H groups in total. The Morgan fingerprint density at radius 3 is 2.36 bits per heavy atom. The second kappa shape index (κ2) is 6.67. The number of hydrogen-bond acceptors (Lipinski definition) is 3. The van der Waals surface area contributed by atoms with E-state index in [1.54, 1.807) is 16.1 Å². The zero-order valence-corrected chi connectivity index (χ0v) is 16.5. The molecule has 0 aliphatic rings. The maximum absolute atomic E-state index is 12.8. The van der Waals surface area contributed by atoms with Crippen LogP contribution in [0.15, 0.2) is 39.9 Å². The van der Waals surface area contributed by atoms with Crippen LogP contribution in [0.5, 0.6) is 0 Å². The zero-order chi connectivity index (χ0) is 20.0. The molecule has 0 radical (unpaired) electrons. The van der Waals surface area contributed by atoms with Crippen molar-refractivity contribution in [1.29, 1.82) is 0 Å². The van der Waals surface area contributed by atoms with E-state index in [2.05, 4.69) is 27.8 Å². The summed E-state index contributed by atoms with van der Waals surface area (Å²) in [6.45, 7) is 4.47. The first-order valence-corrected chi connectivity index (χ1v) is 9.40. The van der Waals surface area contributed by atoms with Gasteiger partial charge in [-0.15, -0.1) is 0 Å². The zero-order valence-electron chi connectivity index (χ0n) is 16.5. The van der Waals surface area contributed by atoms with Crippen LogP contribution in [-0.2, 0) is 27.2 Å². The molecule has 0 saturated carbocycles. The molecular weight excluding hydrogens is 354 g/mol. The Hall–Kier alpha value is -3.35. The summed E-state index contributed by atoms with van der Waals surface area (Å²) in [5.41, 5.74) is 2.45. The highest BCUT2D eigenvalue weighted by molar-refractivity contribution is 5.85. The van der Waals surface area contributed by atoms with Gasteiger partial charge in [-0.2, -0.15) is 0 Å². The first-order valence-electron chi connectivity index (χ1n) is 9.40. The number of imidazole rings is 1. The smallest absolute Gasteiger partial charge is 0.332 e. The van der Waals surface area contributed by atoms with E-state index < -0.39 is 0 Å². The first-order chi connectivity index (χ1) is 13.5. The highest BCUT2D eigenvalue weighted by atomic mass is 16.2. The van der Waals surface area contributed by atoms with Gasteiger partial charge in [0.2, 0.25) is 0 Å². The van der Waals surface area contributed by atoms with Crippen LogP contribution in [-0.4, -0.2) is 23.3 Å². The Morgan fingerprint density at radius 2 is 1.68 bits per heavy atom. The van der Waals surface area contributed by atoms with E-state index in [9.17, 15) is 9.59 Å². The summed E-state index contributed by atoms with van der Waals surface area (Å²) in [6, 6.07) is 10.3. The molecule has 0 spiro atoms. The lowest BCUT2D eigenvalue weighted by Gasteiger charge is -2.08. The Labute approximate surface area is 161 Å². The minimum Gasteiger partial charge on any atom is -0.344 e. The summed E-state index contributed by atoms with van der Waals surface area (Å²) < 4.78 is 6.68. The maximum atomic E-state index is 12.8. The average Bonchev–Trinajstić information content (AvgIpc) is 3.18. The molecule has 0 aliphatic carbocycles. The molecule has 7 heteroatoms. The standard InChI is InChI=1S/C21H23N5O2/c1-5-25-19-18(20(27)26(6-2)21(25)28)24(4)17(22-19)12-11-15-13-14-9-7-8-10-16(14)23(15)3/h7-13H,5-6H2,1-4H3. The van der Waals surface area contributed by atoms with Crippen LogP contribution in [0.3, 0.4) is 0 Å². The van der Waals surface area contributed by atoms with Crippen LogP contribution in [0.2, 0.25) is 0 Å². The highest BCUT2D eigenvalue weighted by Gasteiger charge is 2.17. The van der Waals surface area contributed by atoms with Crippen molar-refractivity contribution >= 4 is 34.2 Å². The van der Waals surface area contributed by atoms with Crippen molar-refractivity contribution in [2.24, 2.45) is 14.1 Å². The molecule has 3 aromatic heterocycles. The van der Waals surface area contributed by atoms with Crippen molar-refractivity contribution in [3.05, 3.63) is 62.7 Å². The molecule has 28 heavy (non-hydrogen) atoms. The molecule has 4 aromatic rings. The molecular formula is C21H23N5O2. The lowest BCUT2D eigenvalue weighted by atomic mass is 10.2. The van der Waals surface area contributed by atoms with Crippen molar-refractivity contribution in [2.75, 3.05) is 0 Å². The van der Waals surface area contributed by atoms with Crippen LogP contribution in [0.4, 0.5) is 0 Å². The van der Waals surface area contributed by atoms with Gasteiger partial charge < -0.3 is 9.13 Å². The third kappa shape index (κ3) is 2.54. The number of rotatable bonds is 4. The Morgan fingerprint density at radius 1 is 0.964 bits per heavy atom. The van der Waals surface area contributed by atoms with E-state index in [-0.39, 0.29) is 11.2 Å². The summed E-state index contributed by atoms with van der Waals surface area (Å²) in [4.78, 5) is 29.9. The Balaban J connectivity index is 1.90. The molecule has 4 rings (SSSR count). The predicted octanol–water partition coefficient (Wildman–Crippen LogP) is 2.60. The van der Waals surface area contributed by atoms with Gasteiger partial charge in [-0.25, -0.2) is 9.78 Å². The normalized spacial score (nSPS) is 12.0. The van der Waals surface area contributed by atoms with Crippen LogP contribution < -0.4 is 11.2 Å². The lowest BCUT2D eigenvalue weighted by Crippen LogP contribution is -2.39. The summed E-state index contributed by atoms with van der Waals surface area (Å²) in [7, 11) is 3.83. The maximum Gasteiger partial charge on any atom is 0.332 e. The molecule has 0 aliphatic heterocycles. The molecule has 0 fully saturated rings. The second-order valence-electron chi connectivity index (χ2n) is 6.80. The second-order valence-corrected chi connectivity index (χ2v) is 6.80. The van der Waals surface area contributed by atoms with E-state index in [1.165, 1.54) is 9.95 Å². The number of aryl methyl sites for hydroxylation is 3. The van der Waals surface area contributed by atoms with Crippen molar-refractivity contribution < 1.29 is 0 Å². The van der Waals surface area contributed by atoms with Gasteiger partial charge in [-0.3, -0.25) is 13.9 Å². The summed E-state index contributed by atoms with van der Waals surface area (Å²) in [5.74, 6) is 0.632. The molecule has 144 valence electrons. The fraction of sp³-hybridized carbons (Fsp3) is 0.286.